The molecule has 0 aliphatic carbocycles. The van der Waals surface area contributed by atoms with E-state index in [0.29, 0.717) is 13.2 Å². The van der Waals surface area contributed by atoms with Crippen LogP contribution < -0.4 is 11.4 Å². The third-order valence-corrected chi connectivity index (χ3v) is 4.75. The maximum absolute atomic E-state index is 13.9. The zero-order valence-corrected chi connectivity index (χ0v) is 16.5. The molecule has 0 unspecified atom stereocenters. The Labute approximate surface area is 160 Å². The summed E-state index contributed by atoms with van der Waals surface area (Å²) < 4.78 is 33.0. The Balaban J connectivity index is 2.18. The summed E-state index contributed by atoms with van der Waals surface area (Å²) in [4.78, 5) is 15.8. The highest BCUT2D eigenvalue weighted by Crippen LogP contribution is 2.33. The molecular formula is C19H32FN3O4. The van der Waals surface area contributed by atoms with Crippen LogP contribution in [-0.2, 0) is 14.2 Å². The smallest absolute Gasteiger partial charge is 0.351 e. The van der Waals surface area contributed by atoms with Crippen molar-refractivity contribution in [3.8, 4) is 0 Å². The highest BCUT2D eigenvalue weighted by atomic mass is 19.1. The summed E-state index contributed by atoms with van der Waals surface area (Å²) >= 11 is 0. The number of aromatic nitrogens is 2. The van der Waals surface area contributed by atoms with E-state index < -0.39 is 29.7 Å². The number of hydrogen-bond donors (Lipinski definition) is 1. The molecule has 1 aromatic heterocycles. The molecule has 0 saturated carbocycles. The van der Waals surface area contributed by atoms with Gasteiger partial charge in [-0.1, -0.05) is 39.5 Å². The van der Waals surface area contributed by atoms with E-state index in [2.05, 4.69) is 18.8 Å². The second-order valence-corrected chi connectivity index (χ2v) is 6.98. The fraction of sp³-hybridized carbons (Fsp3) is 0.789. The lowest BCUT2D eigenvalue weighted by molar-refractivity contribution is -0.0822. The van der Waals surface area contributed by atoms with Crippen LogP contribution in [0.5, 0.6) is 0 Å². The molecule has 154 valence electrons. The lowest BCUT2D eigenvalue weighted by Crippen LogP contribution is -2.39. The minimum Gasteiger partial charge on any atom is -0.381 e. The van der Waals surface area contributed by atoms with E-state index in [9.17, 15) is 9.18 Å². The van der Waals surface area contributed by atoms with Crippen LogP contribution in [0.15, 0.2) is 11.0 Å². The SMILES string of the molecule is CCCCCO[C@@H]1[C@H](OCCCCC)[C@@H](C)O[C@H]1n1cc(F)c(N)nc1=O. The van der Waals surface area contributed by atoms with Crippen molar-refractivity contribution >= 4 is 5.82 Å². The third kappa shape index (κ3) is 5.73. The Morgan fingerprint density at radius 2 is 1.74 bits per heavy atom. The zero-order valence-electron chi connectivity index (χ0n) is 16.5. The van der Waals surface area contributed by atoms with Gasteiger partial charge in [0.15, 0.2) is 17.9 Å². The summed E-state index contributed by atoms with van der Waals surface area (Å²) in [6, 6.07) is 0. The molecule has 1 aromatic rings. The minimum atomic E-state index is -0.798. The van der Waals surface area contributed by atoms with Gasteiger partial charge in [0.05, 0.1) is 12.3 Å². The third-order valence-electron chi connectivity index (χ3n) is 4.75. The van der Waals surface area contributed by atoms with Crippen LogP contribution in [0.2, 0.25) is 0 Å². The van der Waals surface area contributed by atoms with Gasteiger partial charge < -0.3 is 19.9 Å². The Morgan fingerprint density at radius 3 is 2.33 bits per heavy atom. The van der Waals surface area contributed by atoms with Crippen molar-refractivity contribution < 1.29 is 18.6 Å². The highest BCUT2D eigenvalue weighted by Gasteiger charge is 2.45. The molecule has 2 heterocycles. The van der Waals surface area contributed by atoms with Gasteiger partial charge in [-0.3, -0.25) is 4.57 Å². The molecule has 7 nitrogen and oxygen atoms in total. The number of rotatable bonds is 11. The van der Waals surface area contributed by atoms with Gasteiger partial charge in [0.2, 0.25) is 0 Å². The van der Waals surface area contributed by atoms with Gasteiger partial charge in [-0.25, -0.2) is 9.18 Å². The first kappa shape index (κ1) is 21.8. The molecule has 1 saturated heterocycles. The quantitative estimate of drug-likeness (QED) is 0.589. The number of ether oxygens (including phenoxy) is 3. The van der Waals surface area contributed by atoms with Gasteiger partial charge in [-0.2, -0.15) is 4.98 Å². The summed E-state index contributed by atoms with van der Waals surface area (Å²) in [6.07, 6.45) is 5.26. The van der Waals surface area contributed by atoms with E-state index in [1.807, 2.05) is 6.92 Å². The van der Waals surface area contributed by atoms with Gasteiger partial charge >= 0.3 is 5.69 Å². The van der Waals surface area contributed by atoms with E-state index in [1.165, 1.54) is 0 Å². The van der Waals surface area contributed by atoms with Crippen molar-refractivity contribution in [1.29, 1.82) is 0 Å². The zero-order chi connectivity index (χ0) is 19.8. The fourth-order valence-corrected chi connectivity index (χ4v) is 3.22. The Morgan fingerprint density at radius 1 is 1.15 bits per heavy atom. The molecule has 2 N–H and O–H groups in total. The first-order chi connectivity index (χ1) is 13.0. The average molecular weight is 385 g/mol. The first-order valence-electron chi connectivity index (χ1n) is 9.92. The van der Waals surface area contributed by atoms with Crippen LogP contribution in [0, 0.1) is 5.82 Å². The summed E-state index contributed by atoms with van der Waals surface area (Å²) in [5.74, 6) is -1.18. The molecule has 0 amide bonds. The predicted octanol–water partition coefficient (Wildman–Crippen LogP) is 3.03. The molecule has 0 bridgehead atoms. The van der Waals surface area contributed by atoms with Crippen LogP contribution in [0.3, 0.4) is 0 Å². The Hall–Kier alpha value is -1.51. The van der Waals surface area contributed by atoms with E-state index in [-0.39, 0.29) is 12.2 Å². The topological polar surface area (TPSA) is 88.6 Å². The van der Waals surface area contributed by atoms with Crippen LogP contribution in [-0.4, -0.2) is 41.1 Å². The van der Waals surface area contributed by atoms with Crippen molar-refractivity contribution in [2.24, 2.45) is 0 Å². The molecule has 1 aliphatic rings. The van der Waals surface area contributed by atoms with E-state index >= 15 is 0 Å². The second kappa shape index (κ2) is 10.7. The average Bonchev–Trinajstić information content (AvgIpc) is 2.94. The molecule has 2 rings (SSSR count). The number of nitrogens with two attached hydrogens (primary N) is 1. The van der Waals surface area contributed by atoms with Gasteiger partial charge in [0, 0.05) is 13.2 Å². The van der Waals surface area contributed by atoms with Crippen LogP contribution in [0.25, 0.3) is 0 Å². The summed E-state index contributed by atoms with van der Waals surface area (Å²) in [6.45, 7) is 7.24. The van der Waals surface area contributed by atoms with E-state index in [4.69, 9.17) is 19.9 Å². The number of hydrogen-bond acceptors (Lipinski definition) is 6. The number of nitrogen functional groups attached to an aromatic ring is 1. The number of unbranched alkanes of at least 4 members (excludes halogenated alkanes) is 4. The van der Waals surface area contributed by atoms with Crippen LogP contribution in [0.4, 0.5) is 10.2 Å². The molecule has 0 spiro atoms. The number of anilines is 1. The van der Waals surface area contributed by atoms with Gasteiger partial charge in [0.1, 0.15) is 12.2 Å². The summed E-state index contributed by atoms with van der Waals surface area (Å²) in [5, 5.41) is 0. The lowest BCUT2D eigenvalue weighted by Gasteiger charge is -2.25. The van der Waals surface area contributed by atoms with E-state index in [1.54, 1.807) is 0 Å². The molecule has 8 heteroatoms. The van der Waals surface area contributed by atoms with Gasteiger partial charge in [0.25, 0.3) is 0 Å². The normalized spacial score (nSPS) is 25.2. The van der Waals surface area contributed by atoms with Crippen molar-refractivity contribution in [1.82, 2.24) is 9.55 Å². The largest absolute Gasteiger partial charge is 0.381 e. The Kier molecular flexibility index (Phi) is 8.66. The molecular weight excluding hydrogens is 353 g/mol. The molecule has 27 heavy (non-hydrogen) atoms. The van der Waals surface area contributed by atoms with E-state index in [0.717, 1.165) is 49.3 Å². The molecule has 0 aromatic carbocycles. The maximum atomic E-state index is 13.9. The molecule has 0 radical (unpaired) electrons. The van der Waals surface area contributed by atoms with Crippen LogP contribution in [0.1, 0.15) is 65.5 Å². The standard InChI is InChI=1S/C19H32FN3O4/c1-4-6-8-10-25-15-13(3)27-18(16(15)26-11-9-7-5-2)23-12-14(20)17(21)22-19(23)24/h12-13,15-16,18H,4-11H2,1-3H3,(H2,21,22,24)/t13-,15-,16-,18-/m1/s1. The van der Waals surface area contributed by atoms with Crippen molar-refractivity contribution in [3.63, 3.8) is 0 Å². The monoisotopic (exact) mass is 385 g/mol. The van der Waals surface area contributed by atoms with Crippen molar-refractivity contribution in [2.45, 2.75) is 83.8 Å². The summed E-state index contributed by atoms with van der Waals surface area (Å²) in [5.41, 5.74) is 4.72. The second-order valence-electron chi connectivity index (χ2n) is 6.98. The maximum Gasteiger partial charge on any atom is 0.351 e. The number of nitrogens with zero attached hydrogens (tertiary/aromatic N) is 2. The van der Waals surface area contributed by atoms with Gasteiger partial charge in [-0.05, 0) is 19.8 Å². The van der Waals surface area contributed by atoms with Gasteiger partial charge in [-0.15, -0.1) is 0 Å². The fourth-order valence-electron chi connectivity index (χ4n) is 3.22. The van der Waals surface area contributed by atoms with Crippen molar-refractivity contribution in [2.75, 3.05) is 18.9 Å². The number of halogens is 1. The molecule has 4 atom stereocenters. The first-order valence-corrected chi connectivity index (χ1v) is 9.92. The predicted molar refractivity (Wildman–Crippen MR) is 101 cm³/mol. The lowest BCUT2D eigenvalue weighted by atomic mass is 10.1. The van der Waals surface area contributed by atoms with Crippen LogP contribution >= 0.6 is 0 Å². The molecule has 1 fully saturated rings. The minimum absolute atomic E-state index is 0.291. The Bertz CT molecular complexity index is 640. The summed E-state index contributed by atoms with van der Waals surface area (Å²) in [7, 11) is 0. The molecule has 1 aliphatic heterocycles. The van der Waals surface area contributed by atoms with Crippen molar-refractivity contribution in [3.05, 3.63) is 22.5 Å². The highest BCUT2D eigenvalue weighted by molar-refractivity contribution is 5.26.